The lowest BCUT2D eigenvalue weighted by Crippen LogP contribution is -2.49. The third-order valence-electron chi connectivity index (χ3n) is 3.69. The van der Waals surface area contributed by atoms with Crippen molar-refractivity contribution < 1.29 is 9.18 Å². The predicted octanol–water partition coefficient (Wildman–Crippen LogP) is 3.10. The molecule has 0 aromatic heterocycles. The van der Waals surface area contributed by atoms with Gasteiger partial charge < -0.3 is 10.6 Å². The molecule has 1 saturated heterocycles. The second-order valence-corrected chi connectivity index (χ2v) is 5.50. The van der Waals surface area contributed by atoms with E-state index < -0.39 is 5.82 Å². The quantitative estimate of drug-likeness (QED) is 0.910. The van der Waals surface area contributed by atoms with Gasteiger partial charge in [0.05, 0.1) is 10.6 Å². The Bertz CT molecular complexity index is 484. The molecule has 2 atom stereocenters. The van der Waals surface area contributed by atoms with E-state index in [1.807, 2.05) is 0 Å². The first kappa shape index (κ1) is 17.2. The summed E-state index contributed by atoms with van der Waals surface area (Å²) in [5.41, 5.74) is 5.96. The van der Waals surface area contributed by atoms with E-state index in [1.54, 1.807) is 11.0 Å². The fourth-order valence-electron chi connectivity index (χ4n) is 2.57. The van der Waals surface area contributed by atoms with E-state index in [0.29, 0.717) is 19.0 Å². The molecular weight excluding hydrogens is 302 g/mol. The monoisotopic (exact) mass is 320 g/mol. The number of nitrogens with two attached hydrogens (primary N) is 1. The van der Waals surface area contributed by atoms with Crippen molar-refractivity contribution in [3.8, 4) is 0 Å². The van der Waals surface area contributed by atoms with Crippen LogP contribution in [0.1, 0.15) is 30.1 Å². The zero-order chi connectivity index (χ0) is 14.0. The first-order chi connectivity index (χ1) is 9.04. The molecule has 20 heavy (non-hydrogen) atoms. The van der Waals surface area contributed by atoms with Crippen LogP contribution >= 0.6 is 24.0 Å². The lowest BCUT2D eigenvalue weighted by Gasteiger charge is -2.38. The maximum atomic E-state index is 13.4. The molecule has 2 unspecified atom stereocenters. The lowest BCUT2D eigenvalue weighted by atomic mass is 9.92. The van der Waals surface area contributed by atoms with Gasteiger partial charge in [0.2, 0.25) is 0 Å². The molecule has 1 aliphatic rings. The van der Waals surface area contributed by atoms with Crippen molar-refractivity contribution in [1.82, 2.24) is 4.90 Å². The number of carbonyl (C=O) groups excluding carboxylic acids is 1. The number of halogens is 3. The maximum Gasteiger partial charge on any atom is 0.255 e. The minimum atomic E-state index is -0.567. The van der Waals surface area contributed by atoms with E-state index in [4.69, 9.17) is 17.3 Å². The van der Waals surface area contributed by atoms with Gasteiger partial charge in [-0.3, -0.25) is 4.79 Å². The Labute approximate surface area is 129 Å². The second-order valence-electron chi connectivity index (χ2n) is 5.12. The third kappa shape index (κ3) is 3.43. The van der Waals surface area contributed by atoms with Crippen molar-refractivity contribution in [3.05, 3.63) is 34.6 Å². The van der Waals surface area contributed by atoms with Crippen LogP contribution in [0.15, 0.2) is 18.2 Å². The molecule has 1 heterocycles. The summed E-state index contributed by atoms with van der Waals surface area (Å²) in [5, 5.41) is -0.109. The van der Waals surface area contributed by atoms with Crippen LogP contribution in [0.5, 0.6) is 0 Å². The number of amides is 1. The van der Waals surface area contributed by atoms with Crippen molar-refractivity contribution in [2.24, 2.45) is 11.7 Å². The number of hydrogen-bond donors (Lipinski definition) is 1. The molecule has 0 aliphatic carbocycles. The Balaban J connectivity index is 0.00000200. The summed E-state index contributed by atoms with van der Waals surface area (Å²) in [6, 6.07) is 4.31. The molecule has 1 aromatic rings. The summed E-state index contributed by atoms with van der Waals surface area (Å²) in [5.74, 6) is -0.241. The molecule has 2 rings (SSSR count). The van der Waals surface area contributed by atoms with E-state index in [0.717, 1.165) is 12.8 Å². The van der Waals surface area contributed by atoms with E-state index in [9.17, 15) is 9.18 Å². The van der Waals surface area contributed by atoms with Gasteiger partial charge in [0, 0.05) is 19.1 Å². The summed E-state index contributed by atoms with van der Waals surface area (Å²) in [7, 11) is 0. The first-order valence-corrected chi connectivity index (χ1v) is 6.87. The highest BCUT2D eigenvalue weighted by Gasteiger charge is 2.30. The number of benzene rings is 1. The number of rotatable bonds is 2. The van der Waals surface area contributed by atoms with Crippen LogP contribution in [0, 0.1) is 11.7 Å². The van der Waals surface area contributed by atoms with Crippen LogP contribution in [0.2, 0.25) is 5.02 Å². The Kier molecular flexibility index (Phi) is 6.24. The molecule has 1 aliphatic heterocycles. The number of hydrogen-bond acceptors (Lipinski definition) is 2. The topological polar surface area (TPSA) is 46.3 Å². The summed E-state index contributed by atoms with van der Waals surface area (Å²) < 4.78 is 13.4. The Morgan fingerprint density at radius 2 is 2.25 bits per heavy atom. The van der Waals surface area contributed by atoms with Gasteiger partial charge in [0.15, 0.2) is 0 Å². The smallest absolute Gasteiger partial charge is 0.255 e. The highest BCUT2D eigenvalue weighted by molar-refractivity contribution is 6.34. The molecule has 6 heteroatoms. The molecular formula is C14H19Cl2FN2O. The molecule has 0 bridgehead atoms. The zero-order valence-electron chi connectivity index (χ0n) is 11.3. The molecule has 0 radical (unpaired) electrons. The molecule has 0 spiro atoms. The van der Waals surface area contributed by atoms with Crippen LogP contribution in [0.3, 0.4) is 0 Å². The van der Waals surface area contributed by atoms with Crippen molar-refractivity contribution in [3.63, 3.8) is 0 Å². The average molecular weight is 321 g/mol. The highest BCUT2D eigenvalue weighted by atomic mass is 35.5. The van der Waals surface area contributed by atoms with Crippen LogP contribution in [0.25, 0.3) is 0 Å². The largest absolute Gasteiger partial charge is 0.334 e. The third-order valence-corrected chi connectivity index (χ3v) is 4.08. The van der Waals surface area contributed by atoms with E-state index in [2.05, 4.69) is 6.92 Å². The molecule has 3 nitrogen and oxygen atoms in total. The SMILES string of the molecule is CC1CCN(C(=O)c2cccc(F)c2Cl)C(CN)C1.Cl. The Hall–Kier alpha value is -0.840. The van der Waals surface area contributed by atoms with Gasteiger partial charge in [0.25, 0.3) is 5.91 Å². The van der Waals surface area contributed by atoms with Crippen LogP contribution < -0.4 is 5.73 Å². The van der Waals surface area contributed by atoms with E-state index >= 15 is 0 Å². The number of piperidine rings is 1. The van der Waals surface area contributed by atoms with Gasteiger partial charge in [0.1, 0.15) is 5.82 Å². The van der Waals surface area contributed by atoms with Crippen LogP contribution in [-0.2, 0) is 0 Å². The number of carbonyl (C=O) groups is 1. The second kappa shape index (κ2) is 7.25. The van der Waals surface area contributed by atoms with Gasteiger partial charge in [-0.15, -0.1) is 12.4 Å². The lowest BCUT2D eigenvalue weighted by molar-refractivity contribution is 0.0573. The fourth-order valence-corrected chi connectivity index (χ4v) is 2.77. The van der Waals surface area contributed by atoms with Crippen LogP contribution in [-0.4, -0.2) is 29.9 Å². The Morgan fingerprint density at radius 1 is 1.55 bits per heavy atom. The summed E-state index contributed by atoms with van der Waals surface area (Å²) in [6.45, 7) is 3.22. The maximum absolute atomic E-state index is 13.4. The minimum absolute atomic E-state index is 0. The molecule has 1 amide bonds. The van der Waals surface area contributed by atoms with E-state index in [-0.39, 0.29) is 34.9 Å². The molecule has 1 aromatic carbocycles. The molecule has 1 fully saturated rings. The van der Waals surface area contributed by atoms with Crippen LogP contribution in [0.4, 0.5) is 4.39 Å². The summed E-state index contributed by atoms with van der Waals surface area (Å²) >= 11 is 5.87. The zero-order valence-corrected chi connectivity index (χ0v) is 12.9. The van der Waals surface area contributed by atoms with Gasteiger partial charge >= 0.3 is 0 Å². The van der Waals surface area contributed by atoms with Gasteiger partial charge in [-0.05, 0) is 30.9 Å². The standard InChI is InChI=1S/C14H18ClFN2O.ClH/c1-9-5-6-18(10(7-9)8-17)14(19)11-3-2-4-12(16)13(11)15;/h2-4,9-10H,5-8,17H2,1H3;1H. The predicted molar refractivity (Wildman–Crippen MR) is 80.9 cm³/mol. The normalized spacial score (nSPS) is 22.3. The fraction of sp³-hybridized carbons (Fsp3) is 0.500. The first-order valence-electron chi connectivity index (χ1n) is 6.49. The van der Waals surface area contributed by atoms with Crippen molar-refractivity contribution in [2.45, 2.75) is 25.8 Å². The summed E-state index contributed by atoms with van der Waals surface area (Å²) in [6.07, 6.45) is 1.82. The molecule has 0 saturated carbocycles. The number of nitrogens with zero attached hydrogens (tertiary/aromatic N) is 1. The van der Waals surface area contributed by atoms with E-state index in [1.165, 1.54) is 12.1 Å². The van der Waals surface area contributed by atoms with Gasteiger partial charge in [-0.25, -0.2) is 4.39 Å². The minimum Gasteiger partial charge on any atom is -0.334 e. The van der Waals surface area contributed by atoms with Gasteiger partial charge in [-0.2, -0.15) is 0 Å². The molecule has 2 N–H and O–H groups in total. The average Bonchev–Trinajstić information content (AvgIpc) is 2.41. The number of likely N-dealkylation sites (tertiary alicyclic amines) is 1. The molecule has 112 valence electrons. The Morgan fingerprint density at radius 3 is 2.90 bits per heavy atom. The van der Waals surface area contributed by atoms with Gasteiger partial charge in [-0.1, -0.05) is 24.6 Å². The summed E-state index contributed by atoms with van der Waals surface area (Å²) in [4.78, 5) is 14.2. The highest BCUT2D eigenvalue weighted by Crippen LogP contribution is 2.27. The van der Waals surface area contributed by atoms with Crippen molar-refractivity contribution in [1.29, 1.82) is 0 Å². The van der Waals surface area contributed by atoms with Crippen molar-refractivity contribution >= 4 is 29.9 Å². The van der Waals surface area contributed by atoms with Crippen molar-refractivity contribution in [2.75, 3.05) is 13.1 Å².